The van der Waals surface area contributed by atoms with E-state index in [1.165, 1.54) is 24.2 Å². The molecule has 6 heteroatoms. The molecule has 0 aromatic carbocycles. The number of rotatable bonds is 2. The number of nitrogens with one attached hydrogen (secondary N) is 1. The van der Waals surface area contributed by atoms with Crippen molar-refractivity contribution in [3.05, 3.63) is 11.1 Å². The van der Waals surface area contributed by atoms with Crippen molar-refractivity contribution in [2.24, 2.45) is 11.8 Å². The summed E-state index contributed by atoms with van der Waals surface area (Å²) in [7, 11) is 0. The average molecular weight is 240 g/mol. The van der Waals surface area contributed by atoms with Crippen LogP contribution in [0.5, 0.6) is 0 Å². The van der Waals surface area contributed by atoms with Crippen molar-refractivity contribution in [2.75, 3.05) is 18.0 Å². The number of anilines is 1. The summed E-state index contributed by atoms with van der Waals surface area (Å²) in [4.78, 5) is 18.4. The van der Waals surface area contributed by atoms with Gasteiger partial charge in [-0.3, -0.25) is 10.2 Å². The van der Waals surface area contributed by atoms with Gasteiger partial charge in [0.1, 0.15) is 4.88 Å². The van der Waals surface area contributed by atoms with Crippen molar-refractivity contribution in [3.63, 3.8) is 0 Å². The molecule has 0 spiro atoms. The van der Waals surface area contributed by atoms with E-state index >= 15 is 0 Å². The monoisotopic (exact) mass is 240 g/mol. The molecule has 0 saturated carbocycles. The Balaban J connectivity index is 2.09. The van der Waals surface area contributed by atoms with Crippen molar-refractivity contribution >= 4 is 22.4 Å². The number of nitrogen functional groups attached to an aromatic ring is 1. The fourth-order valence-electron chi connectivity index (χ4n) is 1.95. The highest BCUT2D eigenvalue weighted by atomic mass is 32.1. The minimum atomic E-state index is -0.270. The molecule has 3 N–H and O–H groups in total. The summed E-state index contributed by atoms with van der Waals surface area (Å²) in [6, 6.07) is 0. The summed E-state index contributed by atoms with van der Waals surface area (Å²) in [6.07, 6.45) is 4.05. The van der Waals surface area contributed by atoms with Gasteiger partial charge in [-0.25, -0.2) is 10.8 Å². The number of nitrogens with zero attached hydrogens (tertiary/aromatic N) is 2. The molecule has 1 aromatic heterocycles. The zero-order chi connectivity index (χ0) is 11.5. The van der Waals surface area contributed by atoms with Crippen molar-refractivity contribution in [3.8, 4) is 0 Å². The molecule has 5 nitrogen and oxygen atoms in total. The Morgan fingerprint density at radius 2 is 2.56 bits per heavy atom. The number of piperidine rings is 1. The van der Waals surface area contributed by atoms with Gasteiger partial charge in [0.2, 0.25) is 0 Å². The molecule has 1 aliphatic heterocycles. The standard InChI is InChI=1S/C10H16N4OS/c1-7-3-2-4-14(6-7)10-12-5-8(16-10)9(15)13-11/h5,7H,2-4,6,11H2,1H3,(H,13,15). The second kappa shape index (κ2) is 4.80. The summed E-state index contributed by atoms with van der Waals surface area (Å²) in [6.45, 7) is 4.30. The Morgan fingerprint density at radius 1 is 1.75 bits per heavy atom. The maximum atomic E-state index is 11.3. The molecule has 1 amide bonds. The normalized spacial score (nSPS) is 20.9. The van der Waals surface area contributed by atoms with Gasteiger partial charge in [-0.05, 0) is 18.8 Å². The van der Waals surface area contributed by atoms with E-state index in [0.29, 0.717) is 10.8 Å². The number of carbonyl (C=O) groups is 1. The van der Waals surface area contributed by atoms with Crippen LogP contribution in [0.25, 0.3) is 0 Å². The zero-order valence-electron chi connectivity index (χ0n) is 9.27. The SMILES string of the molecule is CC1CCCN(c2ncc(C(=O)NN)s2)C1. The number of hydrogen-bond acceptors (Lipinski definition) is 5. The Morgan fingerprint density at radius 3 is 3.25 bits per heavy atom. The number of thiazole rings is 1. The maximum Gasteiger partial charge on any atom is 0.276 e. The van der Waals surface area contributed by atoms with Crippen LogP contribution < -0.4 is 16.2 Å². The van der Waals surface area contributed by atoms with Gasteiger partial charge in [0, 0.05) is 13.1 Å². The topological polar surface area (TPSA) is 71.2 Å². The molecule has 1 fully saturated rings. The first-order valence-corrected chi connectivity index (χ1v) is 6.24. The maximum absolute atomic E-state index is 11.3. The quantitative estimate of drug-likeness (QED) is 0.459. The molecule has 0 bridgehead atoms. The third-order valence-corrected chi connectivity index (χ3v) is 3.83. The van der Waals surface area contributed by atoms with Crippen LogP contribution >= 0.6 is 11.3 Å². The summed E-state index contributed by atoms with van der Waals surface area (Å²) < 4.78 is 0. The Bertz CT molecular complexity index is 379. The minimum absolute atomic E-state index is 0.270. The van der Waals surface area contributed by atoms with E-state index in [-0.39, 0.29) is 5.91 Å². The van der Waals surface area contributed by atoms with Crippen LogP contribution in [0.3, 0.4) is 0 Å². The van der Waals surface area contributed by atoms with E-state index in [1.54, 1.807) is 6.20 Å². The van der Waals surface area contributed by atoms with E-state index in [9.17, 15) is 4.79 Å². The lowest BCUT2D eigenvalue weighted by Gasteiger charge is -2.30. The number of carbonyl (C=O) groups excluding carboxylic acids is 1. The second-order valence-corrected chi connectivity index (χ2v) is 5.18. The summed E-state index contributed by atoms with van der Waals surface area (Å²) in [5.74, 6) is 5.51. The smallest absolute Gasteiger partial charge is 0.276 e. The molecule has 1 atom stereocenters. The molecule has 2 rings (SSSR count). The molecule has 1 saturated heterocycles. The average Bonchev–Trinajstić information content (AvgIpc) is 2.77. The second-order valence-electron chi connectivity index (χ2n) is 4.17. The fraction of sp³-hybridized carbons (Fsp3) is 0.600. The molecular weight excluding hydrogens is 224 g/mol. The summed E-state index contributed by atoms with van der Waals surface area (Å²) in [5, 5.41) is 0.921. The predicted octanol–water partition coefficient (Wildman–Crippen LogP) is 0.983. The highest BCUT2D eigenvalue weighted by Gasteiger charge is 2.20. The van der Waals surface area contributed by atoms with Gasteiger partial charge in [0.15, 0.2) is 5.13 Å². The van der Waals surface area contributed by atoms with Gasteiger partial charge in [-0.15, -0.1) is 0 Å². The van der Waals surface area contributed by atoms with E-state index in [0.717, 1.165) is 18.2 Å². The molecule has 0 aliphatic carbocycles. The van der Waals surface area contributed by atoms with E-state index in [4.69, 9.17) is 5.84 Å². The van der Waals surface area contributed by atoms with Gasteiger partial charge in [0.05, 0.1) is 6.20 Å². The first-order chi connectivity index (χ1) is 7.70. The molecule has 16 heavy (non-hydrogen) atoms. The van der Waals surface area contributed by atoms with E-state index < -0.39 is 0 Å². The van der Waals surface area contributed by atoms with Crippen LogP contribution in [0.1, 0.15) is 29.4 Å². The predicted molar refractivity (Wildman–Crippen MR) is 64.4 cm³/mol. The minimum Gasteiger partial charge on any atom is -0.348 e. The molecule has 1 aliphatic rings. The third-order valence-electron chi connectivity index (χ3n) is 2.78. The van der Waals surface area contributed by atoms with Gasteiger partial charge < -0.3 is 4.90 Å². The van der Waals surface area contributed by atoms with Crippen molar-refractivity contribution in [1.29, 1.82) is 0 Å². The number of nitrogens with two attached hydrogens (primary N) is 1. The summed E-state index contributed by atoms with van der Waals surface area (Å²) in [5.41, 5.74) is 2.12. The lowest BCUT2D eigenvalue weighted by molar-refractivity contribution is 0.0957. The zero-order valence-corrected chi connectivity index (χ0v) is 10.1. The van der Waals surface area contributed by atoms with Gasteiger partial charge in [-0.1, -0.05) is 18.3 Å². The summed E-state index contributed by atoms with van der Waals surface area (Å²) >= 11 is 1.40. The van der Waals surface area contributed by atoms with Crippen LogP contribution in [0.15, 0.2) is 6.20 Å². The van der Waals surface area contributed by atoms with Crippen molar-refractivity contribution in [1.82, 2.24) is 10.4 Å². The van der Waals surface area contributed by atoms with E-state index in [1.807, 2.05) is 0 Å². The molecule has 2 heterocycles. The van der Waals surface area contributed by atoms with E-state index in [2.05, 4.69) is 22.2 Å². The fourth-order valence-corrected chi connectivity index (χ4v) is 2.80. The largest absolute Gasteiger partial charge is 0.348 e. The first-order valence-electron chi connectivity index (χ1n) is 5.42. The van der Waals surface area contributed by atoms with Gasteiger partial charge in [0.25, 0.3) is 5.91 Å². The first kappa shape index (κ1) is 11.3. The lowest BCUT2D eigenvalue weighted by atomic mass is 10.0. The van der Waals surface area contributed by atoms with Gasteiger partial charge >= 0.3 is 0 Å². The van der Waals surface area contributed by atoms with Crippen LogP contribution in [-0.2, 0) is 0 Å². The third kappa shape index (κ3) is 2.33. The molecule has 88 valence electrons. The molecule has 1 aromatic rings. The molecule has 1 unspecified atom stereocenters. The van der Waals surface area contributed by atoms with Crippen LogP contribution in [0.2, 0.25) is 0 Å². The van der Waals surface area contributed by atoms with Crippen LogP contribution in [0.4, 0.5) is 5.13 Å². The van der Waals surface area contributed by atoms with Crippen LogP contribution in [0, 0.1) is 5.92 Å². The van der Waals surface area contributed by atoms with Crippen molar-refractivity contribution in [2.45, 2.75) is 19.8 Å². The number of hydrazine groups is 1. The Kier molecular flexibility index (Phi) is 3.40. The number of amides is 1. The highest BCUT2D eigenvalue weighted by Crippen LogP contribution is 2.27. The molecular formula is C10H16N4OS. The van der Waals surface area contributed by atoms with Crippen molar-refractivity contribution < 1.29 is 4.79 Å². The number of hydrogen-bond donors (Lipinski definition) is 2. The number of aromatic nitrogens is 1. The van der Waals surface area contributed by atoms with Gasteiger partial charge in [-0.2, -0.15) is 0 Å². The Labute approximate surface area is 98.6 Å². The lowest BCUT2D eigenvalue weighted by Crippen LogP contribution is -2.34. The van der Waals surface area contributed by atoms with Crippen LogP contribution in [-0.4, -0.2) is 24.0 Å². The highest BCUT2D eigenvalue weighted by molar-refractivity contribution is 7.17. The molecule has 0 radical (unpaired) electrons. The Hall–Kier alpha value is -1.14.